The number of aliphatic hydroxyl groups excluding tert-OH is 1. The number of carbonyl (C=O) groups is 3. The molecule has 5 heteroatoms. The largest absolute Gasteiger partial charge is 0.450 e. The fourth-order valence-corrected chi connectivity index (χ4v) is 7.07. The Labute approximate surface area is 172 Å². The third-order valence-corrected chi connectivity index (χ3v) is 8.81. The maximum atomic E-state index is 12.9. The summed E-state index contributed by atoms with van der Waals surface area (Å²) in [6.45, 7) is 5.50. The zero-order valence-corrected chi connectivity index (χ0v) is 17.7. The van der Waals surface area contributed by atoms with Crippen LogP contribution in [0.3, 0.4) is 0 Å². The molecule has 0 radical (unpaired) electrons. The maximum absolute atomic E-state index is 12.9. The van der Waals surface area contributed by atoms with Crippen molar-refractivity contribution in [3.63, 3.8) is 0 Å². The van der Waals surface area contributed by atoms with Crippen molar-refractivity contribution >= 4 is 17.5 Å². The van der Waals surface area contributed by atoms with E-state index < -0.39 is 17.6 Å². The number of ketones is 2. The van der Waals surface area contributed by atoms with Crippen molar-refractivity contribution in [3.05, 3.63) is 23.8 Å². The Bertz CT molecular complexity index is 810. The van der Waals surface area contributed by atoms with E-state index in [4.69, 9.17) is 4.74 Å². The van der Waals surface area contributed by atoms with E-state index in [-0.39, 0.29) is 41.2 Å². The molecule has 0 amide bonds. The Morgan fingerprint density at radius 2 is 1.90 bits per heavy atom. The van der Waals surface area contributed by atoms with Gasteiger partial charge in [-0.2, -0.15) is 0 Å². The Morgan fingerprint density at radius 3 is 2.59 bits per heavy atom. The molecule has 1 N–H and O–H groups in total. The minimum Gasteiger partial charge on any atom is -0.450 e. The minimum atomic E-state index is -1.22. The van der Waals surface area contributed by atoms with Crippen LogP contribution in [0.25, 0.3) is 0 Å². The highest BCUT2D eigenvalue weighted by molar-refractivity contribution is 5.93. The molecule has 0 bridgehead atoms. The fraction of sp³-hybridized carbons (Fsp3) is 0.708. The van der Waals surface area contributed by atoms with Gasteiger partial charge in [0.1, 0.15) is 6.61 Å². The van der Waals surface area contributed by atoms with Crippen molar-refractivity contribution in [1.29, 1.82) is 0 Å². The Hall–Kier alpha value is -1.75. The lowest BCUT2D eigenvalue weighted by molar-refractivity contribution is -0.189. The normalized spacial score (nSPS) is 43.1. The van der Waals surface area contributed by atoms with Gasteiger partial charge in [0.2, 0.25) is 5.78 Å². The van der Waals surface area contributed by atoms with Gasteiger partial charge < -0.3 is 9.84 Å². The number of aliphatic hydroxyl groups is 1. The third kappa shape index (κ3) is 2.73. The molecule has 6 atom stereocenters. The summed E-state index contributed by atoms with van der Waals surface area (Å²) in [6, 6.07) is 0. The summed E-state index contributed by atoms with van der Waals surface area (Å²) in [5, 5.41) is 9.71. The lowest BCUT2D eigenvalue weighted by Crippen LogP contribution is -2.59. The van der Waals surface area contributed by atoms with Crippen molar-refractivity contribution in [2.75, 3.05) is 6.61 Å². The summed E-state index contributed by atoms with van der Waals surface area (Å²) in [7, 11) is 0. The molecule has 29 heavy (non-hydrogen) atoms. The molecular weight excluding hydrogens is 368 g/mol. The molecule has 2 fully saturated rings. The van der Waals surface area contributed by atoms with Gasteiger partial charge in [-0.05, 0) is 66.9 Å². The third-order valence-electron chi connectivity index (χ3n) is 8.81. The first-order valence-electron chi connectivity index (χ1n) is 11.0. The average molecular weight is 401 g/mol. The van der Waals surface area contributed by atoms with Crippen LogP contribution >= 0.6 is 0 Å². The lowest BCUT2D eigenvalue weighted by atomic mass is 9.48. The molecule has 4 aliphatic carbocycles. The fourth-order valence-electron chi connectivity index (χ4n) is 7.07. The van der Waals surface area contributed by atoms with E-state index in [1.54, 1.807) is 6.92 Å². The summed E-state index contributed by atoms with van der Waals surface area (Å²) in [5.41, 5.74) is -0.573. The molecule has 2 saturated carbocycles. The number of rotatable bonds is 4. The van der Waals surface area contributed by atoms with Gasteiger partial charge in [-0.15, -0.1) is 0 Å². The number of carbonyl (C=O) groups excluding carboxylic acids is 3. The molecule has 0 aromatic heterocycles. The van der Waals surface area contributed by atoms with Crippen molar-refractivity contribution in [1.82, 2.24) is 0 Å². The van der Waals surface area contributed by atoms with Crippen LogP contribution in [0.1, 0.15) is 65.7 Å². The molecule has 158 valence electrons. The highest BCUT2D eigenvalue weighted by atomic mass is 16.6. The average Bonchev–Trinajstić information content (AvgIpc) is 3.01. The molecule has 4 aliphatic rings. The van der Waals surface area contributed by atoms with Crippen LogP contribution in [0, 0.1) is 28.6 Å². The molecule has 0 spiro atoms. The summed E-state index contributed by atoms with van der Waals surface area (Å²) >= 11 is 0. The van der Waals surface area contributed by atoms with Gasteiger partial charge in [0.15, 0.2) is 11.4 Å². The molecule has 0 heterocycles. The highest BCUT2D eigenvalue weighted by Crippen LogP contribution is 2.67. The molecule has 0 aromatic rings. The Morgan fingerprint density at radius 1 is 1.17 bits per heavy atom. The monoisotopic (exact) mass is 400 g/mol. The first kappa shape index (κ1) is 20.5. The quantitative estimate of drug-likeness (QED) is 0.730. The van der Waals surface area contributed by atoms with Gasteiger partial charge >= 0.3 is 5.97 Å². The second-order valence-electron chi connectivity index (χ2n) is 9.86. The molecule has 0 saturated heterocycles. The number of allylic oxidation sites excluding steroid dienone is 4. The van der Waals surface area contributed by atoms with Crippen LogP contribution in [0.4, 0.5) is 0 Å². The van der Waals surface area contributed by atoms with Crippen LogP contribution in [0.15, 0.2) is 23.8 Å². The van der Waals surface area contributed by atoms with E-state index in [2.05, 4.69) is 26.0 Å². The predicted octanol–water partition coefficient (Wildman–Crippen LogP) is 3.55. The first-order valence-corrected chi connectivity index (χ1v) is 11.0. The van der Waals surface area contributed by atoms with Crippen LogP contribution < -0.4 is 0 Å². The van der Waals surface area contributed by atoms with E-state index >= 15 is 0 Å². The molecular formula is C24H32O5. The number of ether oxygens (including phenoxy) is 1. The first-order chi connectivity index (χ1) is 13.7. The van der Waals surface area contributed by atoms with Crippen molar-refractivity contribution in [2.45, 2.75) is 71.3 Å². The summed E-state index contributed by atoms with van der Waals surface area (Å²) < 4.78 is 5.87. The number of Topliss-reactive ketones (excluding diaryl/α,β-unsaturated/α-hetero) is 1. The SMILES string of the molecule is CCC(=O)O[C@]1(C(=O)CO)CC[C@H]2[C@@H]3C=CC4=CC(=O)CC[C@]4(C)[C@H]3CC[C@@]21C. The molecule has 5 nitrogen and oxygen atoms in total. The smallest absolute Gasteiger partial charge is 0.306 e. The van der Waals surface area contributed by atoms with Crippen LogP contribution in [0.2, 0.25) is 0 Å². The van der Waals surface area contributed by atoms with E-state index in [9.17, 15) is 19.5 Å². The molecule has 0 aromatic carbocycles. The predicted molar refractivity (Wildman–Crippen MR) is 108 cm³/mol. The number of hydrogen-bond acceptors (Lipinski definition) is 5. The summed E-state index contributed by atoms with van der Waals surface area (Å²) in [5.74, 6) is 0.398. The lowest BCUT2D eigenvalue weighted by Gasteiger charge is -2.57. The van der Waals surface area contributed by atoms with Crippen LogP contribution in [0.5, 0.6) is 0 Å². The van der Waals surface area contributed by atoms with Gasteiger partial charge in [-0.3, -0.25) is 14.4 Å². The maximum Gasteiger partial charge on any atom is 0.306 e. The molecule has 0 unspecified atom stereocenters. The second kappa shape index (κ2) is 6.90. The van der Waals surface area contributed by atoms with Crippen LogP contribution in [-0.4, -0.2) is 34.9 Å². The Balaban J connectivity index is 1.74. The van der Waals surface area contributed by atoms with Gasteiger partial charge in [0.05, 0.1) is 0 Å². The van der Waals surface area contributed by atoms with E-state index in [0.717, 1.165) is 31.3 Å². The zero-order chi connectivity index (χ0) is 21.0. The molecule has 0 aliphatic heterocycles. The minimum absolute atomic E-state index is 0.0129. The van der Waals surface area contributed by atoms with Gasteiger partial charge in [-0.25, -0.2) is 0 Å². The van der Waals surface area contributed by atoms with Gasteiger partial charge in [0.25, 0.3) is 0 Å². The number of esters is 1. The van der Waals surface area contributed by atoms with E-state index in [1.807, 2.05) is 6.08 Å². The Kier molecular flexibility index (Phi) is 4.88. The van der Waals surface area contributed by atoms with Crippen LogP contribution in [-0.2, 0) is 19.1 Å². The second-order valence-corrected chi connectivity index (χ2v) is 9.86. The topological polar surface area (TPSA) is 80.7 Å². The standard InChI is InChI=1S/C24H32O5/c1-4-21(28)29-24(20(27)14-25)12-9-19-17-6-5-15-13-16(26)7-10-22(15,2)18(17)8-11-23(19,24)3/h5-6,13,17-19,25H,4,7-12,14H2,1-3H3/t17-,18+,19+,22+,23+,24+/m1/s1. The van der Waals surface area contributed by atoms with Crippen molar-refractivity contribution in [3.8, 4) is 0 Å². The van der Waals surface area contributed by atoms with Crippen molar-refractivity contribution in [2.24, 2.45) is 28.6 Å². The van der Waals surface area contributed by atoms with Gasteiger partial charge in [0, 0.05) is 18.3 Å². The van der Waals surface area contributed by atoms with E-state index in [1.165, 1.54) is 0 Å². The van der Waals surface area contributed by atoms with E-state index in [0.29, 0.717) is 18.8 Å². The number of hydrogen-bond donors (Lipinski definition) is 1. The molecule has 4 rings (SSSR count). The summed E-state index contributed by atoms with van der Waals surface area (Å²) in [6.07, 6.45) is 10.9. The zero-order valence-electron chi connectivity index (χ0n) is 17.7. The highest BCUT2D eigenvalue weighted by Gasteiger charge is 2.68. The number of fused-ring (bicyclic) bond motifs is 5. The van der Waals surface area contributed by atoms with Crippen molar-refractivity contribution < 1.29 is 24.2 Å². The summed E-state index contributed by atoms with van der Waals surface area (Å²) in [4.78, 5) is 37.2. The van der Waals surface area contributed by atoms with Gasteiger partial charge in [-0.1, -0.05) is 32.9 Å².